The molecule has 0 aromatic heterocycles. The molecule has 1 amide bonds. The highest BCUT2D eigenvalue weighted by atomic mass is 19.2. The molecule has 2 aliphatic rings. The summed E-state index contributed by atoms with van der Waals surface area (Å²) in [5.74, 6) is -3.62. The van der Waals surface area contributed by atoms with Crippen molar-refractivity contribution in [1.29, 1.82) is 0 Å². The Bertz CT molecular complexity index is 1140. The van der Waals surface area contributed by atoms with E-state index in [9.17, 15) is 23.5 Å². The van der Waals surface area contributed by atoms with Gasteiger partial charge in [-0.3, -0.25) is 4.79 Å². The molecule has 1 heterocycles. The molecule has 1 saturated carbocycles. The number of ether oxygens (including phenoxy) is 1. The van der Waals surface area contributed by atoms with E-state index in [1.165, 1.54) is 7.11 Å². The molecule has 1 aliphatic heterocycles. The van der Waals surface area contributed by atoms with Gasteiger partial charge in [0.2, 0.25) is 5.91 Å². The first-order valence-electron chi connectivity index (χ1n) is 13.4. The van der Waals surface area contributed by atoms with Gasteiger partial charge in [-0.15, -0.1) is 0 Å². The monoisotopic (exact) mass is 528 g/mol. The van der Waals surface area contributed by atoms with Gasteiger partial charge < -0.3 is 20.1 Å². The molecule has 0 radical (unpaired) electrons. The van der Waals surface area contributed by atoms with Crippen molar-refractivity contribution in [2.24, 2.45) is 17.3 Å². The van der Waals surface area contributed by atoms with E-state index >= 15 is 0 Å². The summed E-state index contributed by atoms with van der Waals surface area (Å²) in [4.78, 5) is 28.6. The summed E-state index contributed by atoms with van der Waals surface area (Å²) in [6, 6.07) is 9.54. The van der Waals surface area contributed by atoms with Gasteiger partial charge in [-0.25, -0.2) is 13.6 Å². The fourth-order valence-electron chi connectivity index (χ4n) is 6.41. The third-order valence-corrected chi connectivity index (χ3v) is 8.12. The highest BCUT2D eigenvalue weighted by Crippen LogP contribution is 2.49. The van der Waals surface area contributed by atoms with Gasteiger partial charge in [0.15, 0.2) is 11.6 Å². The number of halogens is 2. The number of carbonyl (C=O) groups is 2. The van der Waals surface area contributed by atoms with E-state index in [-0.39, 0.29) is 24.1 Å². The number of nitrogens with one attached hydrogen (secondary N) is 1. The standard InChI is InChI=1S/C30H38F2N2O4/c1-30(2,3)24-25(33-17-20-15-21(31)22(32)16-23(20)38-4)26(18-11-7-5-8-12-18)34(27(24)29(36)37)28(35)19-13-9-6-10-14-19/h5,7-8,11-12,15-16,19,24-27,33H,6,9-10,13-14,17H2,1-4H3,(H,36,37)/t24-,25-,26-,27-/m0/s1. The van der Waals surface area contributed by atoms with E-state index in [1.54, 1.807) is 4.90 Å². The summed E-state index contributed by atoms with van der Waals surface area (Å²) < 4.78 is 33.3. The Labute approximate surface area is 223 Å². The predicted octanol–water partition coefficient (Wildman–Crippen LogP) is 5.71. The van der Waals surface area contributed by atoms with E-state index in [0.717, 1.165) is 49.8 Å². The maximum Gasteiger partial charge on any atom is 0.326 e. The van der Waals surface area contributed by atoms with Crippen molar-refractivity contribution in [3.8, 4) is 5.75 Å². The molecule has 0 spiro atoms. The summed E-state index contributed by atoms with van der Waals surface area (Å²) >= 11 is 0. The average molecular weight is 529 g/mol. The molecule has 2 aromatic carbocycles. The summed E-state index contributed by atoms with van der Waals surface area (Å²) in [7, 11) is 1.39. The van der Waals surface area contributed by atoms with Crippen LogP contribution in [0.3, 0.4) is 0 Å². The highest BCUT2D eigenvalue weighted by molar-refractivity contribution is 5.87. The number of methoxy groups -OCH3 is 1. The lowest BCUT2D eigenvalue weighted by atomic mass is 9.72. The Kier molecular flexibility index (Phi) is 8.40. The molecule has 2 aromatic rings. The quantitative estimate of drug-likeness (QED) is 0.481. The summed E-state index contributed by atoms with van der Waals surface area (Å²) in [5, 5.41) is 14.0. The van der Waals surface area contributed by atoms with Gasteiger partial charge in [-0.05, 0) is 29.9 Å². The number of hydrogen-bond acceptors (Lipinski definition) is 4. The first kappa shape index (κ1) is 28.0. The second kappa shape index (κ2) is 11.4. The molecule has 8 heteroatoms. The molecular weight excluding hydrogens is 490 g/mol. The summed E-state index contributed by atoms with van der Waals surface area (Å²) in [6.07, 6.45) is 4.51. The zero-order valence-electron chi connectivity index (χ0n) is 22.5. The molecule has 0 unspecified atom stereocenters. The van der Waals surface area contributed by atoms with Gasteiger partial charge in [-0.1, -0.05) is 70.4 Å². The first-order valence-corrected chi connectivity index (χ1v) is 13.4. The lowest BCUT2D eigenvalue weighted by Gasteiger charge is -2.36. The minimum atomic E-state index is -1.04. The zero-order chi connectivity index (χ0) is 27.6. The van der Waals surface area contributed by atoms with Crippen LogP contribution in [0.2, 0.25) is 0 Å². The molecule has 2 fully saturated rings. The molecular formula is C30H38F2N2O4. The second-order valence-corrected chi connectivity index (χ2v) is 11.6. The van der Waals surface area contributed by atoms with E-state index in [2.05, 4.69) is 5.32 Å². The van der Waals surface area contributed by atoms with Crippen LogP contribution in [0, 0.1) is 28.9 Å². The normalized spacial score (nSPS) is 24.4. The minimum absolute atomic E-state index is 0.110. The smallest absolute Gasteiger partial charge is 0.326 e. The second-order valence-electron chi connectivity index (χ2n) is 11.6. The van der Waals surface area contributed by atoms with Crippen LogP contribution in [0.4, 0.5) is 8.78 Å². The van der Waals surface area contributed by atoms with Crippen molar-refractivity contribution in [2.45, 2.75) is 77.5 Å². The van der Waals surface area contributed by atoms with E-state index in [0.29, 0.717) is 5.56 Å². The largest absolute Gasteiger partial charge is 0.496 e. The first-order chi connectivity index (χ1) is 18.0. The Hall–Kier alpha value is -3.00. The maximum atomic E-state index is 14.2. The SMILES string of the molecule is COc1cc(F)c(F)cc1CN[C@H]1[C@H](C(C)(C)C)[C@@H](C(=O)O)N(C(=O)C2CCCCC2)[C@H]1c1ccccc1. The maximum absolute atomic E-state index is 14.2. The number of benzene rings is 2. The number of rotatable bonds is 7. The Balaban J connectivity index is 1.81. The van der Waals surface area contributed by atoms with Crippen LogP contribution in [-0.4, -0.2) is 41.1 Å². The predicted molar refractivity (Wildman–Crippen MR) is 141 cm³/mol. The van der Waals surface area contributed by atoms with E-state index < -0.39 is 47.1 Å². The molecule has 1 saturated heterocycles. The fraction of sp³-hybridized carbons (Fsp3) is 0.533. The van der Waals surface area contributed by atoms with Crippen LogP contribution in [0.15, 0.2) is 42.5 Å². The third-order valence-electron chi connectivity index (χ3n) is 8.12. The van der Waals surface area contributed by atoms with Crippen LogP contribution < -0.4 is 10.1 Å². The number of carboxylic acids is 1. The van der Waals surface area contributed by atoms with Gasteiger partial charge in [0.1, 0.15) is 11.8 Å². The van der Waals surface area contributed by atoms with Gasteiger partial charge in [0, 0.05) is 36.1 Å². The van der Waals surface area contributed by atoms with Crippen molar-refractivity contribution in [3.05, 3.63) is 65.2 Å². The highest BCUT2D eigenvalue weighted by Gasteiger charge is 2.58. The third kappa shape index (κ3) is 5.55. The summed E-state index contributed by atoms with van der Waals surface area (Å²) in [6.45, 7) is 6.06. The van der Waals surface area contributed by atoms with Crippen molar-refractivity contribution >= 4 is 11.9 Å². The number of likely N-dealkylation sites (tertiary alicyclic amines) is 1. The van der Waals surface area contributed by atoms with Crippen LogP contribution in [0.1, 0.15) is 70.0 Å². The van der Waals surface area contributed by atoms with Crippen LogP contribution in [0.25, 0.3) is 0 Å². The Morgan fingerprint density at radius 3 is 2.26 bits per heavy atom. The summed E-state index contributed by atoms with van der Waals surface area (Å²) in [5.41, 5.74) is 0.757. The Morgan fingerprint density at radius 2 is 1.68 bits per heavy atom. The number of hydrogen-bond donors (Lipinski definition) is 2. The molecule has 2 N–H and O–H groups in total. The van der Waals surface area contributed by atoms with Crippen LogP contribution >= 0.6 is 0 Å². The molecule has 4 atom stereocenters. The van der Waals surface area contributed by atoms with Crippen LogP contribution in [-0.2, 0) is 16.1 Å². The van der Waals surface area contributed by atoms with E-state index in [1.807, 2.05) is 51.1 Å². The number of aliphatic carboxylic acids is 1. The number of carbonyl (C=O) groups excluding carboxylic acids is 1. The van der Waals surface area contributed by atoms with Gasteiger partial charge in [-0.2, -0.15) is 0 Å². The van der Waals surface area contributed by atoms with Crippen molar-refractivity contribution in [2.75, 3.05) is 7.11 Å². The van der Waals surface area contributed by atoms with Gasteiger partial charge >= 0.3 is 5.97 Å². The lowest BCUT2D eigenvalue weighted by Crippen LogP contribution is -2.49. The molecule has 1 aliphatic carbocycles. The van der Waals surface area contributed by atoms with Crippen molar-refractivity contribution in [3.63, 3.8) is 0 Å². The molecule has 6 nitrogen and oxygen atoms in total. The zero-order valence-corrected chi connectivity index (χ0v) is 22.5. The number of amides is 1. The van der Waals surface area contributed by atoms with Gasteiger partial charge in [0.25, 0.3) is 0 Å². The van der Waals surface area contributed by atoms with Crippen molar-refractivity contribution < 1.29 is 28.2 Å². The molecule has 38 heavy (non-hydrogen) atoms. The average Bonchev–Trinajstić information content (AvgIpc) is 3.25. The molecule has 206 valence electrons. The number of nitrogens with zero attached hydrogens (tertiary/aromatic N) is 1. The molecule has 4 rings (SSSR count). The fourth-order valence-corrected chi connectivity index (χ4v) is 6.41. The van der Waals surface area contributed by atoms with Crippen molar-refractivity contribution in [1.82, 2.24) is 10.2 Å². The lowest BCUT2D eigenvalue weighted by molar-refractivity contribution is -0.154. The van der Waals surface area contributed by atoms with Gasteiger partial charge in [0.05, 0.1) is 13.2 Å². The molecule has 0 bridgehead atoms. The Morgan fingerprint density at radius 1 is 1.05 bits per heavy atom. The number of carboxylic acid groups (broad SMARTS) is 1. The van der Waals surface area contributed by atoms with Crippen LogP contribution in [0.5, 0.6) is 5.75 Å². The topological polar surface area (TPSA) is 78.9 Å². The van der Waals surface area contributed by atoms with E-state index in [4.69, 9.17) is 4.74 Å². The minimum Gasteiger partial charge on any atom is -0.496 e.